The van der Waals surface area contributed by atoms with E-state index in [1.807, 2.05) is 31.2 Å². The second kappa shape index (κ2) is 8.53. The Balaban J connectivity index is 1.69. The van der Waals surface area contributed by atoms with Gasteiger partial charge in [0.15, 0.2) is 6.61 Å². The number of carbonyl (C=O) groups is 2. The van der Waals surface area contributed by atoms with Gasteiger partial charge >= 0.3 is 5.97 Å². The van der Waals surface area contributed by atoms with Gasteiger partial charge in [0, 0.05) is 10.9 Å². The highest BCUT2D eigenvalue weighted by Gasteiger charge is 2.12. The molecular weight excluding hydrogens is 362 g/mol. The lowest BCUT2D eigenvalue weighted by atomic mass is 10.1. The Labute approximate surface area is 143 Å². The van der Waals surface area contributed by atoms with E-state index in [0.29, 0.717) is 6.42 Å². The van der Waals surface area contributed by atoms with Crippen molar-refractivity contribution >= 4 is 27.8 Å². The molecule has 0 aliphatic heterocycles. The lowest BCUT2D eigenvalue weighted by Crippen LogP contribution is -2.31. The van der Waals surface area contributed by atoms with Crippen molar-refractivity contribution in [3.8, 4) is 0 Å². The summed E-state index contributed by atoms with van der Waals surface area (Å²) in [5.74, 6) is -0.0325. The van der Waals surface area contributed by atoms with Crippen molar-refractivity contribution < 1.29 is 18.7 Å². The lowest BCUT2D eigenvalue weighted by molar-refractivity contribution is -0.148. The van der Waals surface area contributed by atoms with E-state index in [4.69, 9.17) is 9.15 Å². The molecule has 0 bridgehead atoms. The van der Waals surface area contributed by atoms with E-state index < -0.39 is 5.97 Å². The van der Waals surface area contributed by atoms with E-state index in [2.05, 4.69) is 21.2 Å². The van der Waals surface area contributed by atoms with Crippen LogP contribution in [0.3, 0.4) is 0 Å². The van der Waals surface area contributed by atoms with Crippen molar-refractivity contribution in [2.45, 2.75) is 25.8 Å². The molecule has 0 spiro atoms. The molecule has 6 heteroatoms. The summed E-state index contributed by atoms with van der Waals surface area (Å²) in [6, 6.07) is 11.1. The standard InChI is InChI=1S/C17H18BrNO4/c1-12(13-4-6-14(18)7-5-13)19-16(20)11-23-17(21)9-8-15-3-2-10-22-15/h2-7,10,12H,8-9,11H2,1H3,(H,19,20)/t12-/m1/s1. The molecule has 1 aromatic heterocycles. The molecule has 1 aromatic carbocycles. The van der Waals surface area contributed by atoms with Crippen molar-refractivity contribution in [2.24, 2.45) is 0 Å². The predicted molar refractivity (Wildman–Crippen MR) is 88.7 cm³/mol. The molecule has 23 heavy (non-hydrogen) atoms. The van der Waals surface area contributed by atoms with Gasteiger partial charge in [-0.15, -0.1) is 0 Å². The molecule has 1 atom stereocenters. The minimum Gasteiger partial charge on any atom is -0.469 e. The Morgan fingerprint density at radius 1 is 1.26 bits per heavy atom. The number of furan rings is 1. The SMILES string of the molecule is C[C@@H](NC(=O)COC(=O)CCc1ccco1)c1ccc(Br)cc1. The fourth-order valence-corrected chi connectivity index (χ4v) is 2.28. The number of halogens is 1. The van der Waals surface area contributed by atoms with Crippen LogP contribution in [0.25, 0.3) is 0 Å². The van der Waals surface area contributed by atoms with Crippen LogP contribution in [0.2, 0.25) is 0 Å². The van der Waals surface area contributed by atoms with Gasteiger partial charge in [-0.3, -0.25) is 9.59 Å². The average Bonchev–Trinajstić information content (AvgIpc) is 3.05. The number of esters is 1. The molecule has 1 amide bonds. The van der Waals surface area contributed by atoms with Crippen LogP contribution in [-0.2, 0) is 20.7 Å². The quantitative estimate of drug-likeness (QED) is 0.748. The van der Waals surface area contributed by atoms with E-state index in [0.717, 1.165) is 15.8 Å². The van der Waals surface area contributed by atoms with Gasteiger partial charge in [-0.2, -0.15) is 0 Å². The van der Waals surface area contributed by atoms with Gasteiger partial charge in [0.05, 0.1) is 18.7 Å². The van der Waals surface area contributed by atoms with Crippen molar-refractivity contribution in [2.75, 3.05) is 6.61 Å². The van der Waals surface area contributed by atoms with Crippen LogP contribution in [0.4, 0.5) is 0 Å². The molecule has 0 unspecified atom stereocenters. The third kappa shape index (κ3) is 5.90. The summed E-state index contributed by atoms with van der Waals surface area (Å²) < 4.78 is 11.1. The lowest BCUT2D eigenvalue weighted by Gasteiger charge is -2.14. The van der Waals surface area contributed by atoms with Crippen LogP contribution in [0, 0.1) is 0 Å². The number of aryl methyl sites for hydroxylation is 1. The summed E-state index contributed by atoms with van der Waals surface area (Å²) >= 11 is 3.36. The number of rotatable bonds is 7. The zero-order chi connectivity index (χ0) is 16.7. The largest absolute Gasteiger partial charge is 0.469 e. The van der Waals surface area contributed by atoms with Gasteiger partial charge < -0.3 is 14.5 Å². The highest BCUT2D eigenvalue weighted by atomic mass is 79.9. The summed E-state index contributed by atoms with van der Waals surface area (Å²) in [6.45, 7) is 1.59. The fraction of sp³-hybridized carbons (Fsp3) is 0.294. The number of nitrogens with one attached hydrogen (secondary N) is 1. The second-order valence-corrected chi connectivity index (χ2v) is 6.00. The van der Waals surface area contributed by atoms with Gasteiger partial charge in [-0.25, -0.2) is 0 Å². The van der Waals surface area contributed by atoms with Crippen LogP contribution in [-0.4, -0.2) is 18.5 Å². The van der Waals surface area contributed by atoms with Crippen LogP contribution < -0.4 is 5.32 Å². The topological polar surface area (TPSA) is 68.5 Å². The maximum Gasteiger partial charge on any atom is 0.306 e. The van der Waals surface area contributed by atoms with Gasteiger partial charge in [0.1, 0.15) is 5.76 Å². The Bertz CT molecular complexity index is 637. The Morgan fingerprint density at radius 2 is 2.00 bits per heavy atom. The van der Waals surface area contributed by atoms with Crippen molar-refractivity contribution in [1.82, 2.24) is 5.32 Å². The maximum atomic E-state index is 11.8. The van der Waals surface area contributed by atoms with Crippen molar-refractivity contribution in [3.05, 3.63) is 58.5 Å². The minimum atomic E-state index is -0.423. The Kier molecular flexibility index (Phi) is 6.40. The maximum absolute atomic E-state index is 11.8. The molecule has 0 aliphatic carbocycles. The molecule has 1 heterocycles. The van der Waals surface area contributed by atoms with Crippen LogP contribution in [0.1, 0.15) is 30.7 Å². The highest BCUT2D eigenvalue weighted by Crippen LogP contribution is 2.16. The summed E-state index contributed by atoms with van der Waals surface area (Å²) in [5.41, 5.74) is 0.977. The summed E-state index contributed by atoms with van der Waals surface area (Å²) in [4.78, 5) is 23.4. The zero-order valence-corrected chi connectivity index (χ0v) is 14.3. The number of amides is 1. The van der Waals surface area contributed by atoms with Crippen LogP contribution >= 0.6 is 15.9 Å². The fourth-order valence-electron chi connectivity index (χ4n) is 2.02. The Morgan fingerprint density at radius 3 is 2.65 bits per heavy atom. The van der Waals surface area contributed by atoms with E-state index in [1.165, 1.54) is 0 Å². The van der Waals surface area contributed by atoms with Crippen LogP contribution in [0.15, 0.2) is 51.6 Å². The molecule has 0 aliphatic rings. The number of benzene rings is 1. The first-order valence-corrected chi connectivity index (χ1v) is 8.06. The average molecular weight is 380 g/mol. The zero-order valence-electron chi connectivity index (χ0n) is 12.8. The first kappa shape index (κ1) is 17.3. The van der Waals surface area contributed by atoms with Gasteiger partial charge in [-0.1, -0.05) is 28.1 Å². The van der Waals surface area contributed by atoms with Crippen LogP contribution in [0.5, 0.6) is 0 Å². The first-order chi connectivity index (χ1) is 11.0. The second-order valence-electron chi connectivity index (χ2n) is 5.08. The molecule has 0 saturated carbocycles. The minimum absolute atomic E-state index is 0.155. The molecular formula is C17H18BrNO4. The number of ether oxygens (including phenoxy) is 1. The molecule has 122 valence electrons. The summed E-state index contributed by atoms with van der Waals surface area (Å²) in [6.07, 6.45) is 2.20. The molecule has 5 nitrogen and oxygen atoms in total. The number of hydrogen-bond acceptors (Lipinski definition) is 4. The van der Waals surface area contributed by atoms with Gasteiger partial charge in [-0.05, 0) is 36.8 Å². The molecule has 0 saturated heterocycles. The summed E-state index contributed by atoms with van der Waals surface area (Å²) in [5, 5.41) is 2.79. The molecule has 1 N–H and O–H groups in total. The van der Waals surface area contributed by atoms with E-state index in [9.17, 15) is 9.59 Å². The van der Waals surface area contributed by atoms with Crippen molar-refractivity contribution in [3.63, 3.8) is 0 Å². The smallest absolute Gasteiger partial charge is 0.306 e. The first-order valence-electron chi connectivity index (χ1n) is 7.27. The molecule has 0 radical (unpaired) electrons. The monoisotopic (exact) mass is 379 g/mol. The third-order valence-electron chi connectivity index (χ3n) is 3.27. The number of carbonyl (C=O) groups excluding carboxylic acids is 2. The Hall–Kier alpha value is -2.08. The van der Waals surface area contributed by atoms with Crippen molar-refractivity contribution in [1.29, 1.82) is 0 Å². The highest BCUT2D eigenvalue weighted by molar-refractivity contribution is 9.10. The number of hydrogen-bond donors (Lipinski definition) is 1. The van der Waals surface area contributed by atoms with E-state index in [-0.39, 0.29) is 25.0 Å². The normalized spacial score (nSPS) is 11.7. The third-order valence-corrected chi connectivity index (χ3v) is 3.80. The molecule has 2 rings (SSSR count). The summed E-state index contributed by atoms with van der Waals surface area (Å²) in [7, 11) is 0. The predicted octanol–water partition coefficient (Wildman–Crippen LogP) is 3.40. The van der Waals surface area contributed by atoms with E-state index in [1.54, 1.807) is 18.4 Å². The molecule has 0 fully saturated rings. The van der Waals surface area contributed by atoms with Gasteiger partial charge in [0.2, 0.25) is 0 Å². The van der Waals surface area contributed by atoms with Gasteiger partial charge in [0.25, 0.3) is 5.91 Å². The van der Waals surface area contributed by atoms with E-state index >= 15 is 0 Å². The molecule has 2 aromatic rings.